The van der Waals surface area contributed by atoms with Crippen LogP contribution in [0.2, 0.25) is 0 Å². The van der Waals surface area contributed by atoms with E-state index in [2.05, 4.69) is 9.97 Å². The third-order valence-corrected chi connectivity index (χ3v) is 3.54. The molecule has 0 bridgehead atoms. The van der Waals surface area contributed by atoms with Crippen molar-refractivity contribution in [1.82, 2.24) is 9.97 Å². The highest BCUT2D eigenvalue weighted by Gasteiger charge is 2.07. The minimum absolute atomic E-state index is 0.441. The fourth-order valence-electron chi connectivity index (χ4n) is 1.79. The Morgan fingerprint density at radius 3 is 3.17 bits per heavy atom. The molecule has 3 N–H and O–H groups in total. The summed E-state index contributed by atoms with van der Waals surface area (Å²) in [7, 11) is 0. The number of thiazole rings is 1. The summed E-state index contributed by atoms with van der Waals surface area (Å²) >= 11 is 1.59. The first-order valence-electron chi connectivity index (χ1n) is 5.54. The van der Waals surface area contributed by atoms with E-state index in [0.717, 1.165) is 22.7 Å². The number of aromatic nitrogens is 2. The van der Waals surface area contributed by atoms with Crippen LogP contribution in [0.1, 0.15) is 5.01 Å². The molecule has 0 spiro atoms. The fraction of sp³-hybridized carbons (Fsp3) is 0.167. The first-order valence-corrected chi connectivity index (χ1v) is 6.42. The monoisotopic (exact) mass is 261 g/mol. The first-order chi connectivity index (χ1) is 8.76. The molecule has 0 radical (unpaired) electrons. The average molecular weight is 261 g/mol. The number of aromatic amines is 1. The summed E-state index contributed by atoms with van der Waals surface area (Å²) in [5, 5.41) is 3.00. The highest BCUT2D eigenvalue weighted by atomic mass is 32.1. The molecule has 0 unspecified atom stereocenters. The van der Waals surface area contributed by atoms with Gasteiger partial charge in [-0.2, -0.15) is 0 Å². The number of nitrogens with zero attached hydrogens (tertiary/aromatic N) is 1. The maximum absolute atomic E-state index is 11.1. The Kier molecular flexibility index (Phi) is 2.73. The quantitative estimate of drug-likeness (QED) is 0.752. The lowest BCUT2D eigenvalue weighted by Gasteiger charge is -1.95. The maximum atomic E-state index is 11.1. The third kappa shape index (κ3) is 1.96. The molecule has 3 rings (SSSR count). The largest absolute Gasteiger partial charge is 0.417 e. The van der Waals surface area contributed by atoms with Gasteiger partial charge in [0.1, 0.15) is 0 Å². The summed E-state index contributed by atoms with van der Waals surface area (Å²) in [6, 6.07) is 5.54. The molecule has 0 aliphatic heterocycles. The van der Waals surface area contributed by atoms with Crippen molar-refractivity contribution in [3.05, 3.63) is 39.1 Å². The van der Waals surface area contributed by atoms with Crippen LogP contribution in [-0.4, -0.2) is 16.5 Å². The standard InChI is InChI=1S/C12H11N3O2S/c13-4-3-11-14-9(6-18-11)7-1-2-8-10(5-7)17-12(16)15-8/h1-2,5-6H,3-4,13H2,(H,15,16). The van der Waals surface area contributed by atoms with Gasteiger partial charge in [0, 0.05) is 17.4 Å². The zero-order chi connectivity index (χ0) is 12.5. The number of hydrogen-bond acceptors (Lipinski definition) is 5. The SMILES string of the molecule is NCCc1nc(-c2ccc3[nH]c(=O)oc3c2)cs1. The fourth-order valence-corrected chi connectivity index (χ4v) is 2.61. The Morgan fingerprint density at radius 1 is 1.44 bits per heavy atom. The molecule has 2 heterocycles. The molecule has 92 valence electrons. The third-order valence-electron chi connectivity index (χ3n) is 2.63. The molecule has 0 amide bonds. The van der Waals surface area contributed by atoms with Crippen LogP contribution in [0.4, 0.5) is 0 Å². The van der Waals surface area contributed by atoms with Gasteiger partial charge >= 0.3 is 5.76 Å². The van der Waals surface area contributed by atoms with Crippen molar-refractivity contribution in [3.63, 3.8) is 0 Å². The topological polar surface area (TPSA) is 84.9 Å². The van der Waals surface area contributed by atoms with Crippen LogP contribution in [0.3, 0.4) is 0 Å². The van der Waals surface area contributed by atoms with Gasteiger partial charge in [0.15, 0.2) is 5.58 Å². The highest BCUT2D eigenvalue weighted by molar-refractivity contribution is 7.09. The molecule has 2 aromatic heterocycles. The van der Waals surface area contributed by atoms with Gasteiger partial charge in [-0.3, -0.25) is 4.98 Å². The Balaban J connectivity index is 2.04. The summed E-state index contributed by atoms with van der Waals surface area (Å²) in [6.07, 6.45) is 0.784. The van der Waals surface area contributed by atoms with Crippen LogP contribution in [0, 0.1) is 0 Å². The Morgan fingerprint density at radius 2 is 2.33 bits per heavy atom. The molecule has 0 aliphatic carbocycles. The van der Waals surface area contributed by atoms with Gasteiger partial charge in [-0.25, -0.2) is 9.78 Å². The number of benzene rings is 1. The number of nitrogens with one attached hydrogen (secondary N) is 1. The average Bonchev–Trinajstić information content (AvgIpc) is 2.93. The van der Waals surface area contributed by atoms with E-state index in [9.17, 15) is 4.79 Å². The summed E-state index contributed by atoms with van der Waals surface area (Å²) in [5.41, 5.74) is 8.56. The molecular weight excluding hydrogens is 250 g/mol. The van der Waals surface area contributed by atoms with Crippen LogP contribution in [0.15, 0.2) is 32.8 Å². The number of nitrogens with two attached hydrogens (primary N) is 1. The Bertz CT molecular complexity index is 741. The smallest absolute Gasteiger partial charge is 0.408 e. The van der Waals surface area contributed by atoms with Crippen molar-refractivity contribution in [2.75, 3.05) is 6.54 Å². The van der Waals surface area contributed by atoms with Crippen LogP contribution < -0.4 is 11.5 Å². The van der Waals surface area contributed by atoms with Crippen molar-refractivity contribution in [3.8, 4) is 11.3 Å². The van der Waals surface area contributed by atoms with Crippen molar-refractivity contribution >= 4 is 22.4 Å². The van der Waals surface area contributed by atoms with Crippen LogP contribution in [0.25, 0.3) is 22.4 Å². The summed E-state index contributed by atoms with van der Waals surface area (Å²) in [5.74, 6) is -0.441. The van der Waals surface area contributed by atoms with Gasteiger partial charge in [-0.15, -0.1) is 11.3 Å². The van der Waals surface area contributed by atoms with Crippen LogP contribution in [0.5, 0.6) is 0 Å². The second-order valence-electron chi connectivity index (χ2n) is 3.89. The summed E-state index contributed by atoms with van der Waals surface area (Å²) < 4.78 is 5.03. The molecule has 0 atom stereocenters. The molecule has 0 saturated carbocycles. The van der Waals surface area contributed by atoms with Gasteiger partial charge < -0.3 is 10.2 Å². The number of oxazole rings is 1. The maximum Gasteiger partial charge on any atom is 0.417 e. The first kappa shape index (κ1) is 11.2. The normalized spacial score (nSPS) is 11.2. The molecule has 0 fully saturated rings. The molecule has 1 aromatic carbocycles. The molecule has 18 heavy (non-hydrogen) atoms. The summed E-state index contributed by atoms with van der Waals surface area (Å²) in [4.78, 5) is 18.2. The van der Waals surface area contributed by atoms with Crippen molar-refractivity contribution in [1.29, 1.82) is 0 Å². The van der Waals surface area contributed by atoms with E-state index < -0.39 is 5.76 Å². The number of H-pyrrole nitrogens is 1. The van der Waals surface area contributed by atoms with Crippen molar-refractivity contribution < 1.29 is 4.42 Å². The molecule has 5 nitrogen and oxygen atoms in total. The Labute approximate surface area is 106 Å². The lowest BCUT2D eigenvalue weighted by molar-refractivity contribution is 0.555. The van der Waals surface area contributed by atoms with Gasteiger partial charge in [-0.05, 0) is 18.7 Å². The molecule has 0 aliphatic rings. The van der Waals surface area contributed by atoms with Crippen LogP contribution >= 0.6 is 11.3 Å². The minimum Gasteiger partial charge on any atom is -0.408 e. The van der Waals surface area contributed by atoms with Gasteiger partial charge in [-0.1, -0.05) is 6.07 Å². The second-order valence-corrected chi connectivity index (χ2v) is 4.83. The lowest BCUT2D eigenvalue weighted by Crippen LogP contribution is -2.01. The second kappa shape index (κ2) is 4.40. The highest BCUT2D eigenvalue weighted by Crippen LogP contribution is 2.24. The van der Waals surface area contributed by atoms with Crippen molar-refractivity contribution in [2.24, 2.45) is 5.73 Å². The van der Waals surface area contributed by atoms with Gasteiger partial charge in [0.2, 0.25) is 0 Å². The molecule has 6 heteroatoms. The van der Waals surface area contributed by atoms with Crippen molar-refractivity contribution in [2.45, 2.75) is 6.42 Å². The van der Waals surface area contributed by atoms with Crippen LogP contribution in [-0.2, 0) is 6.42 Å². The van der Waals surface area contributed by atoms with E-state index in [-0.39, 0.29) is 0 Å². The lowest BCUT2D eigenvalue weighted by atomic mass is 10.1. The molecular formula is C12H11N3O2S. The Hall–Kier alpha value is -1.92. The van der Waals surface area contributed by atoms with Gasteiger partial charge in [0.05, 0.1) is 16.2 Å². The number of rotatable bonds is 3. The van der Waals surface area contributed by atoms with E-state index in [1.807, 2.05) is 23.6 Å². The molecule has 0 saturated heterocycles. The van der Waals surface area contributed by atoms with E-state index >= 15 is 0 Å². The van der Waals surface area contributed by atoms with E-state index in [1.54, 1.807) is 11.3 Å². The minimum atomic E-state index is -0.441. The van der Waals surface area contributed by atoms with E-state index in [1.165, 1.54) is 0 Å². The zero-order valence-electron chi connectivity index (χ0n) is 9.47. The van der Waals surface area contributed by atoms with Gasteiger partial charge in [0.25, 0.3) is 0 Å². The molecule has 3 aromatic rings. The predicted octanol–water partition coefficient (Wildman–Crippen LogP) is 1.75. The van der Waals surface area contributed by atoms with E-state index in [0.29, 0.717) is 17.6 Å². The summed E-state index contributed by atoms with van der Waals surface area (Å²) in [6.45, 7) is 0.596. The predicted molar refractivity (Wildman–Crippen MR) is 70.7 cm³/mol. The zero-order valence-corrected chi connectivity index (χ0v) is 10.3. The number of hydrogen-bond donors (Lipinski definition) is 2. The van der Waals surface area contributed by atoms with E-state index in [4.69, 9.17) is 10.2 Å². The number of fused-ring (bicyclic) bond motifs is 1.